The van der Waals surface area contributed by atoms with Gasteiger partial charge in [-0.15, -0.1) is 0 Å². The van der Waals surface area contributed by atoms with Gasteiger partial charge in [-0.05, 0) is 18.9 Å². The molecule has 1 rings (SSSR count). The van der Waals surface area contributed by atoms with Gasteiger partial charge in [-0.25, -0.2) is 0 Å². The monoisotopic (exact) mass is 183 g/mol. The number of hydrogen-bond donors (Lipinski definition) is 0. The Morgan fingerprint density at radius 3 is 2.77 bits per heavy atom. The molecule has 1 saturated heterocycles. The summed E-state index contributed by atoms with van der Waals surface area (Å²) in [5, 5.41) is 0. The second kappa shape index (κ2) is 4.75. The summed E-state index contributed by atoms with van der Waals surface area (Å²) in [6, 6.07) is 0. The van der Waals surface area contributed by atoms with Crippen molar-refractivity contribution in [1.82, 2.24) is 4.90 Å². The van der Waals surface area contributed by atoms with Gasteiger partial charge >= 0.3 is 0 Å². The molecule has 0 radical (unpaired) electrons. The lowest BCUT2D eigenvalue weighted by Crippen LogP contribution is -2.26. The number of Topliss-reactive ketones (excluding diaryl/α,β-unsaturated/α-hetero) is 1. The summed E-state index contributed by atoms with van der Waals surface area (Å²) < 4.78 is 0. The molecular formula is C11H21NO. The number of hydrogen-bond acceptors (Lipinski definition) is 2. The molecule has 13 heavy (non-hydrogen) atoms. The van der Waals surface area contributed by atoms with E-state index < -0.39 is 0 Å². The molecule has 1 atom stereocenters. The normalized spacial score (nSPS) is 24.2. The van der Waals surface area contributed by atoms with Gasteiger partial charge < -0.3 is 4.90 Å². The van der Waals surface area contributed by atoms with Crippen molar-refractivity contribution in [3.05, 3.63) is 0 Å². The van der Waals surface area contributed by atoms with Crippen molar-refractivity contribution >= 4 is 5.78 Å². The van der Waals surface area contributed by atoms with Crippen molar-refractivity contribution in [3.63, 3.8) is 0 Å². The number of rotatable bonds is 4. The van der Waals surface area contributed by atoms with Crippen LogP contribution in [0.25, 0.3) is 0 Å². The first-order chi connectivity index (χ1) is 6.13. The topological polar surface area (TPSA) is 20.3 Å². The van der Waals surface area contributed by atoms with Gasteiger partial charge in [0.25, 0.3) is 0 Å². The average molecular weight is 183 g/mol. The maximum absolute atomic E-state index is 11.4. The van der Waals surface area contributed by atoms with Crippen molar-refractivity contribution in [1.29, 1.82) is 0 Å². The summed E-state index contributed by atoms with van der Waals surface area (Å²) in [4.78, 5) is 13.8. The van der Waals surface area contributed by atoms with Gasteiger partial charge in [-0.3, -0.25) is 4.79 Å². The van der Waals surface area contributed by atoms with E-state index in [1.165, 1.54) is 0 Å². The molecule has 0 aromatic rings. The van der Waals surface area contributed by atoms with Gasteiger partial charge in [0.05, 0.1) is 0 Å². The summed E-state index contributed by atoms with van der Waals surface area (Å²) in [7, 11) is 0. The van der Waals surface area contributed by atoms with Gasteiger partial charge in [0, 0.05) is 25.4 Å². The highest BCUT2D eigenvalue weighted by atomic mass is 16.1. The Morgan fingerprint density at radius 2 is 2.23 bits per heavy atom. The minimum absolute atomic E-state index is 0.337. The smallest absolute Gasteiger partial charge is 0.137 e. The molecule has 0 aromatic carbocycles. The Hall–Kier alpha value is -0.370. The lowest BCUT2D eigenvalue weighted by molar-refractivity contribution is -0.122. The Labute approximate surface area is 81.3 Å². The van der Waals surface area contributed by atoms with E-state index in [4.69, 9.17) is 0 Å². The van der Waals surface area contributed by atoms with Crippen molar-refractivity contribution < 1.29 is 4.79 Å². The number of likely N-dealkylation sites (tertiary alicyclic amines) is 1. The summed E-state index contributed by atoms with van der Waals surface area (Å²) in [5.41, 5.74) is 0. The predicted octanol–water partition coefficient (Wildman–Crippen LogP) is 1.94. The molecule has 1 fully saturated rings. The number of nitrogens with zero attached hydrogens (tertiary/aromatic N) is 1. The van der Waals surface area contributed by atoms with E-state index >= 15 is 0 Å². The average Bonchev–Trinajstić information content (AvgIpc) is 2.50. The summed E-state index contributed by atoms with van der Waals surface area (Å²) in [6.45, 7) is 9.70. The molecular weight excluding hydrogens is 162 g/mol. The molecule has 0 aliphatic carbocycles. The molecule has 2 heteroatoms. The van der Waals surface area contributed by atoms with E-state index in [0.29, 0.717) is 18.1 Å². The second-order valence-electron chi connectivity index (χ2n) is 4.46. The lowest BCUT2D eigenvalue weighted by Gasteiger charge is -2.17. The zero-order valence-electron chi connectivity index (χ0n) is 9.05. The third-order valence-corrected chi connectivity index (χ3v) is 2.70. The first-order valence-corrected chi connectivity index (χ1v) is 5.38. The van der Waals surface area contributed by atoms with E-state index in [1.54, 1.807) is 0 Å². The summed E-state index contributed by atoms with van der Waals surface area (Å²) in [6.07, 6.45) is 1.79. The van der Waals surface area contributed by atoms with E-state index in [0.717, 1.165) is 32.0 Å². The van der Waals surface area contributed by atoms with Crippen LogP contribution in [0.1, 0.15) is 33.6 Å². The van der Waals surface area contributed by atoms with Crippen LogP contribution in [-0.4, -0.2) is 30.3 Å². The van der Waals surface area contributed by atoms with Crippen LogP contribution in [0.4, 0.5) is 0 Å². The Balaban J connectivity index is 2.32. The lowest BCUT2D eigenvalue weighted by atomic mass is 10.0. The van der Waals surface area contributed by atoms with E-state index in [1.807, 2.05) is 6.92 Å². The van der Waals surface area contributed by atoms with Gasteiger partial charge in [-0.2, -0.15) is 0 Å². The third kappa shape index (κ3) is 3.11. The maximum atomic E-state index is 11.4. The molecule has 1 aliphatic rings. The number of carbonyl (C=O) groups excluding carboxylic acids is 1. The molecule has 0 N–H and O–H groups in total. The largest absolute Gasteiger partial charge is 0.302 e. The van der Waals surface area contributed by atoms with Gasteiger partial charge in [0.15, 0.2) is 0 Å². The standard InChI is InChI=1S/C11H21NO/c1-4-11(13)10-5-6-12(8-10)7-9(2)3/h9-10H,4-8H2,1-3H3. The van der Waals surface area contributed by atoms with Crippen LogP contribution < -0.4 is 0 Å². The molecule has 0 spiro atoms. The van der Waals surface area contributed by atoms with E-state index in [-0.39, 0.29) is 0 Å². The molecule has 0 amide bonds. The molecule has 1 unspecified atom stereocenters. The van der Waals surface area contributed by atoms with Crippen LogP contribution in [0.2, 0.25) is 0 Å². The van der Waals surface area contributed by atoms with Crippen molar-refractivity contribution in [3.8, 4) is 0 Å². The first-order valence-electron chi connectivity index (χ1n) is 5.38. The van der Waals surface area contributed by atoms with Gasteiger partial charge in [-0.1, -0.05) is 20.8 Å². The Bertz CT molecular complexity index is 177. The molecule has 1 heterocycles. The molecule has 1 aliphatic heterocycles. The molecule has 76 valence electrons. The molecule has 0 bridgehead atoms. The number of ketones is 1. The SMILES string of the molecule is CCC(=O)C1CCN(CC(C)C)C1. The predicted molar refractivity (Wildman–Crippen MR) is 54.7 cm³/mol. The van der Waals surface area contributed by atoms with E-state index in [9.17, 15) is 4.79 Å². The molecule has 0 aromatic heterocycles. The first kappa shape index (κ1) is 10.7. The minimum atomic E-state index is 0.337. The van der Waals surface area contributed by atoms with Crippen LogP contribution in [0.5, 0.6) is 0 Å². The van der Waals surface area contributed by atoms with Crippen LogP contribution in [-0.2, 0) is 4.79 Å². The van der Waals surface area contributed by atoms with Crippen LogP contribution in [0.3, 0.4) is 0 Å². The van der Waals surface area contributed by atoms with Gasteiger partial charge in [0.1, 0.15) is 5.78 Å². The fourth-order valence-electron chi connectivity index (χ4n) is 2.07. The van der Waals surface area contributed by atoms with Crippen LogP contribution in [0.15, 0.2) is 0 Å². The van der Waals surface area contributed by atoms with Crippen LogP contribution >= 0.6 is 0 Å². The van der Waals surface area contributed by atoms with Gasteiger partial charge in [0.2, 0.25) is 0 Å². The highest BCUT2D eigenvalue weighted by Crippen LogP contribution is 2.19. The summed E-state index contributed by atoms with van der Waals surface area (Å²) in [5.74, 6) is 1.51. The fraction of sp³-hybridized carbons (Fsp3) is 0.909. The Morgan fingerprint density at radius 1 is 1.54 bits per heavy atom. The molecule has 0 saturated carbocycles. The van der Waals surface area contributed by atoms with Crippen LogP contribution in [0, 0.1) is 11.8 Å². The highest BCUT2D eigenvalue weighted by Gasteiger charge is 2.26. The van der Waals surface area contributed by atoms with Crippen molar-refractivity contribution in [2.24, 2.45) is 11.8 Å². The zero-order chi connectivity index (χ0) is 9.84. The molecule has 2 nitrogen and oxygen atoms in total. The third-order valence-electron chi connectivity index (χ3n) is 2.70. The Kier molecular flexibility index (Phi) is 3.91. The fourth-order valence-corrected chi connectivity index (χ4v) is 2.07. The van der Waals surface area contributed by atoms with Crippen molar-refractivity contribution in [2.75, 3.05) is 19.6 Å². The zero-order valence-corrected chi connectivity index (χ0v) is 9.05. The summed E-state index contributed by atoms with van der Waals surface area (Å²) >= 11 is 0. The minimum Gasteiger partial charge on any atom is -0.302 e. The van der Waals surface area contributed by atoms with E-state index in [2.05, 4.69) is 18.7 Å². The maximum Gasteiger partial charge on any atom is 0.137 e. The quantitative estimate of drug-likeness (QED) is 0.664. The second-order valence-corrected chi connectivity index (χ2v) is 4.46. The van der Waals surface area contributed by atoms with Crippen molar-refractivity contribution in [2.45, 2.75) is 33.6 Å². The number of carbonyl (C=O) groups is 1. The highest BCUT2D eigenvalue weighted by molar-refractivity contribution is 5.81.